The van der Waals surface area contributed by atoms with Crippen LogP contribution in [0.3, 0.4) is 0 Å². The molecule has 1 atom stereocenters. The van der Waals surface area contributed by atoms with Crippen LogP contribution in [-0.4, -0.2) is 32.7 Å². The van der Waals surface area contributed by atoms with E-state index in [1.807, 2.05) is 43.3 Å². The van der Waals surface area contributed by atoms with Crippen LogP contribution in [0, 0.1) is 0 Å². The molecule has 0 aliphatic heterocycles. The summed E-state index contributed by atoms with van der Waals surface area (Å²) in [5, 5.41) is 6.23. The number of benzene rings is 2. The van der Waals surface area contributed by atoms with Gasteiger partial charge in [0.25, 0.3) is 0 Å². The molecule has 1 unspecified atom stereocenters. The molecule has 5 heteroatoms. The van der Waals surface area contributed by atoms with E-state index in [-0.39, 0.29) is 17.4 Å². The second-order valence-electron chi connectivity index (χ2n) is 6.90. The Morgan fingerprint density at radius 1 is 1.04 bits per heavy atom. The van der Waals surface area contributed by atoms with Crippen molar-refractivity contribution in [2.45, 2.75) is 32.2 Å². The largest absolute Gasteiger partial charge is 0.497 e. The Hall–Kier alpha value is -2.53. The highest BCUT2D eigenvalue weighted by Crippen LogP contribution is 2.25. The highest BCUT2D eigenvalue weighted by molar-refractivity contribution is 5.95. The summed E-state index contributed by atoms with van der Waals surface area (Å²) in [4.78, 5) is 12.5. The monoisotopic (exact) mass is 356 g/mol. The number of carbonyl (C=O) groups excluding carboxylic acids is 1. The third kappa shape index (κ3) is 4.99. The van der Waals surface area contributed by atoms with E-state index >= 15 is 0 Å². The number of para-hydroxylation sites is 2. The second-order valence-corrected chi connectivity index (χ2v) is 6.90. The first-order chi connectivity index (χ1) is 12.4. The molecule has 0 aliphatic carbocycles. The fourth-order valence-electron chi connectivity index (χ4n) is 2.63. The molecule has 5 nitrogen and oxygen atoms in total. The summed E-state index contributed by atoms with van der Waals surface area (Å²) < 4.78 is 10.5. The Labute approximate surface area is 155 Å². The Morgan fingerprint density at radius 2 is 1.69 bits per heavy atom. The standard InChI is InChI=1S/C21H28N2O3/c1-15(20(24)23-18-8-6-7-9-19(18)26-5)22-14-21(2,3)16-10-12-17(25-4)13-11-16/h6-13,15,22H,14H2,1-5H3,(H,23,24). The first kappa shape index (κ1) is 19.8. The third-order valence-electron chi connectivity index (χ3n) is 4.48. The molecule has 1 amide bonds. The zero-order valence-corrected chi connectivity index (χ0v) is 16.1. The maximum absolute atomic E-state index is 12.5. The number of hydrogen-bond acceptors (Lipinski definition) is 4. The van der Waals surface area contributed by atoms with Gasteiger partial charge in [-0.3, -0.25) is 4.79 Å². The van der Waals surface area contributed by atoms with Gasteiger partial charge in [0.05, 0.1) is 25.9 Å². The lowest BCUT2D eigenvalue weighted by molar-refractivity contribution is -0.117. The second kappa shape index (κ2) is 8.72. The van der Waals surface area contributed by atoms with Crippen molar-refractivity contribution >= 4 is 11.6 Å². The van der Waals surface area contributed by atoms with Gasteiger partial charge in [-0.2, -0.15) is 0 Å². The van der Waals surface area contributed by atoms with Gasteiger partial charge in [0, 0.05) is 12.0 Å². The van der Waals surface area contributed by atoms with Crippen LogP contribution in [0.15, 0.2) is 48.5 Å². The maximum atomic E-state index is 12.5. The normalized spacial score (nSPS) is 12.3. The van der Waals surface area contributed by atoms with Crippen LogP contribution >= 0.6 is 0 Å². The SMILES string of the molecule is COc1ccc(C(C)(C)CNC(C)C(=O)Nc2ccccc2OC)cc1. The molecule has 26 heavy (non-hydrogen) atoms. The third-order valence-corrected chi connectivity index (χ3v) is 4.48. The molecule has 0 radical (unpaired) electrons. The lowest BCUT2D eigenvalue weighted by Crippen LogP contribution is -2.44. The lowest BCUT2D eigenvalue weighted by atomic mass is 9.84. The molecule has 140 valence electrons. The number of nitrogens with one attached hydrogen (secondary N) is 2. The minimum Gasteiger partial charge on any atom is -0.497 e. The van der Waals surface area contributed by atoms with Gasteiger partial charge in [0.1, 0.15) is 11.5 Å². The molecule has 0 spiro atoms. The number of anilines is 1. The zero-order chi connectivity index (χ0) is 19.2. The van der Waals surface area contributed by atoms with E-state index in [4.69, 9.17) is 9.47 Å². The number of carbonyl (C=O) groups is 1. The number of ether oxygens (including phenoxy) is 2. The van der Waals surface area contributed by atoms with Crippen molar-refractivity contribution in [1.29, 1.82) is 0 Å². The Bertz CT molecular complexity index is 726. The summed E-state index contributed by atoms with van der Waals surface area (Å²) in [6, 6.07) is 15.1. The zero-order valence-electron chi connectivity index (χ0n) is 16.1. The summed E-state index contributed by atoms with van der Waals surface area (Å²) in [6.07, 6.45) is 0. The smallest absolute Gasteiger partial charge is 0.241 e. The predicted molar refractivity (Wildman–Crippen MR) is 105 cm³/mol. The summed E-state index contributed by atoms with van der Waals surface area (Å²) in [6.45, 7) is 6.81. The van der Waals surface area contributed by atoms with Crippen LogP contribution in [0.2, 0.25) is 0 Å². The average Bonchev–Trinajstić information content (AvgIpc) is 2.66. The van der Waals surface area contributed by atoms with Crippen molar-refractivity contribution in [1.82, 2.24) is 5.32 Å². The van der Waals surface area contributed by atoms with E-state index < -0.39 is 0 Å². The molecule has 0 aliphatic rings. The van der Waals surface area contributed by atoms with Gasteiger partial charge < -0.3 is 20.1 Å². The fourth-order valence-corrected chi connectivity index (χ4v) is 2.63. The number of hydrogen-bond donors (Lipinski definition) is 2. The van der Waals surface area contributed by atoms with Crippen molar-refractivity contribution in [3.63, 3.8) is 0 Å². The Morgan fingerprint density at radius 3 is 2.31 bits per heavy atom. The van der Waals surface area contributed by atoms with Gasteiger partial charge in [-0.15, -0.1) is 0 Å². The molecule has 2 aromatic carbocycles. The molecule has 0 saturated carbocycles. The number of rotatable bonds is 8. The Balaban J connectivity index is 1.95. The maximum Gasteiger partial charge on any atom is 0.241 e. The van der Waals surface area contributed by atoms with E-state index in [9.17, 15) is 4.79 Å². The molecule has 0 fully saturated rings. The molecular formula is C21H28N2O3. The van der Waals surface area contributed by atoms with Crippen molar-refractivity contribution in [2.75, 3.05) is 26.1 Å². The summed E-state index contributed by atoms with van der Waals surface area (Å²) in [7, 11) is 3.24. The molecule has 0 heterocycles. The van der Waals surface area contributed by atoms with E-state index in [0.717, 1.165) is 5.75 Å². The predicted octanol–water partition coefficient (Wildman–Crippen LogP) is 3.60. The summed E-state index contributed by atoms with van der Waals surface area (Å²) >= 11 is 0. The molecule has 2 rings (SSSR count). The highest BCUT2D eigenvalue weighted by Gasteiger charge is 2.23. The van der Waals surface area contributed by atoms with Crippen LogP contribution in [0.4, 0.5) is 5.69 Å². The van der Waals surface area contributed by atoms with Gasteiger partial charge in [-0.05, 0) is 36.8 Å². The minimum absolute atomic E-state index is 0.0972. The molecular weight excluding hydrogens is 328 g/mol. The number of methoxy groups -OCH3 is 2. The van der Waals surface area contributed by atoms with E-state index in [2.05, 4.69) is 36.6 Å². The van der Waals surface area contributed by atoms with Gasteiger partial charge in [-0.25, -0.2) is 0 Å². The molecule has 0 bridgehead atoms. The van der Waals surface area contributed by atoms with Crippen LogP contribution in [0.1, 0.15) is 26.3 Å². The van der Waals surface area contributed by atoms with Gasteiger partial charge in [0.2, 0.25) is 5.91 Å². The first-order valence-corrected chi connectivity index (χ1v) is 8.69. The lowest BCUT2D eigenvalue weighted by Gasteiger charge is -2.28. The minimum atomic E-state index is -0.336. The van der Waals surface area contributed by atoms with Crippen molar-refractivity contribution in [3.8, 4) is 11.5 Å². The van der Waals surface area contributed by atoms with E-state index in [1.54, 1.807) is 14.2 Å². The molecule has 0 saturated heterocycles. The van der Waals surface area contributed by atoms with Crippen molar-refractivity contribution in [3.05, 3.63) is 54.1 Å². The molecule has 2 N–H and O–H groups in total. The van der Waals surface area contributed by atoms with Crippen LogP contribution in [0.25, 0.3) is 0 Å². The Kier molecular flexibility index (Phi) is 6.64. The fraction of sp³-hybridized carbons (Fsp3) is 0.381. The van der Waals surface area contributed by atoms with Gasteiger partial charge in [0.15, 0.2) is 0 Å². The summed E-state index contributed by atoms with van der Waals surface area (Å²) in [5.41, 5.74) is 1.73. The van der Waals surface area contributed by atoms with Gasteiger partial charge >= 0.3 is 0 Å². The molecule has 0 aromatic heterocycles. The summed E-state index contributed by atoms with van der Waals surface area (Å²) in [5.74, 6) is 1.38. The van der Waals surface area contributed by atoms with Crippen molar-refractivity contribution < 1.29 is 14.3 Å². The van der Waals surface area contributed by atoms with E-state index in [1.165, 1.54) is 5.56 Å². The first-order valence-electron chi connectivity index (χ1n) is 8.69. The quantitative estimate of drug-likeness (QED) is 0.759. The topological polar surface area (TPSA) is 59.6 Å². The van der Waals surface area contributed by atoms with E-state index in [0.29, 0.717) is 18.0 Å². The van der Waals surface area contributed by atoms with Gasteiger partial charge in [-0.1, -0.05) is 38.1 Å². The number of amides is 1. The van der Waals surface area contributed by atoms with Crippen LogP contribution < -0.4 is 20.1 Å². The molecule has 2 aromatic rings. The van der Waals surface area contributed by atoms with Crippen LogP contribution in [-0.2, 0) is 10.2 Å². The highest BCUT2D eigenvalue weighted by atomic mass is 16.5. The average molecular weight is 356 g/mol. The van der Waals surface area contributed by atoms with Crippen molar-refractivity contribution in [2.24, 2.45) is 0 Å². The van der Waals surface area contributed by atoms with Crippen LogP contribution in [0.5, 0.6) is 11.5 Å².